The highest BCUT2D eigenvalue weighted by Crippen LogP contribution is 2.24. The van der Waals surface area contributed by atoms with Gasteiger partial charge in [0.2, 0.25) is 0 Å². The molecule has 142 valence electrons. The number of nitrogens with one attached hydrogen (secondary N) is 1. The molecular weight excluding hydrogens is 340 g/mol. The molecule has 6 nitrogen and oxygen atoms in total. The number of aromatic amines is 1. The second kappa shape index (κ2) is 7.29. The van der Waals surface area contributed by atoms with E-state index in [1.54, 1.807) is 0 Å². The zero-order valence-corrected chi connectivity index (χ0v) is 16.2. The van der Waals surface area contributed by atoms with Crippen molar-refractivity contribution < 1.29 is 9.32 Å². The molecule has 0 radical (unpaired) electrons. The average molecular weight is 366 g/mol. The molecule has 0 bridgehead atoms. The smallest absolute Gasteiger partial charge is 0.182 e. The van der Waals surface area contributed by atoms with Crippen LogP contribution in [0.25, 0.3) is 10.9 Å². The van der Waals surface area contributed by atoms with E-state index in [0.29, 0.717) is 0 Å². The lowest BCUT2D eigenvalue weighted by Gasteiger charge is -2.37. The first kappa shape index (κ1) is 17.9. The van der Waals surface area contributed by atoms with Gasteiger partial charge in [0.05, 0.1) is 11.7 Å². The van der Waals surface area contributed by atoms with E-state index < -0.39 is 0 Å². The molecular formula is C21H26N4O2. The number of rotatable bonds is 5. The summed E-state index contributed by atoms with van der Waals surface area (Å²) in [6.07, 6.45) is 0. The van der Waals surface area contributed by atoms with Crippen LogP contribution in [0.4, 0.5) is 0 Å². The number of aryl methyl sites for hydroxylation is 2. The minimum absolute atomic E-state index is 0.126. The molecule has 4 rings (SSSR count). The summed E-state index contributed by atoms with van der Waals surface area (Å²) in [7, 11) is 0. The van der Waals surface area contributed by atoms with Crippen LogP contribution in [0.15, 0.2) is 34.9 Å². The number of ketones is 1. The number of aromatic nitrogens is 2. The van der Waals surface area contributed by atoms with Gasteiger partial charge in [0.15, 0.2) is 5.78 Å². The summed E-state index contributed by atoms with van der Waals surface area (Å²) in [6.45, 7) is 10.3. The second-order valence-electron chi connectivity index (χ2n) is 7.45. The van der Waals surface area contributed by atoms with E-state index in [1.165, 1.54) is 0 Å². The fraction of sp³-hybridized carbons (Fsp3) is 0.429. The van der Waals surface area contributed by atoms with Crippen molar-refractivity contribution in [1.82, 2.24) is 19.9 Å². The third-order valence-electron chi connectivity index (χ3n) is 5.54. The number of carbonyl (C=O) groups excluding carboxylic acids is 1. The maximum absolute atomic E-state index is 13.2. The molecule has 27 heavy (non-hydrogen) atoms. The molecule has 1 aliphatic heterocycles. The van der Waals surface area contributed by atoms with Gasteiger partial charge in [-0.3, -0.25) is 14.6 Å². The Hall–Kier alpha value is -2.44. The minimum Gasteiger partial charge on any atom is -0.361 e. The van der Waals surface area contributed by atoms with Crippen LogP contribution in [0.3, 0.4) is 0 Å². The van der Waals surface area contributed by atoms with Gasteiger partial charge in [-0.25, -0.2) is 0 Å². The third-order valence-corrected chi connectivity index (χ3v) is 5.54. The molecule has 1 unspecified atom stereocenters. The van der Waals surface area contributed by atoms with Crippen LogP contribution < -0.4 is 0 Å². The normalized spacial score (nSPS) is 17.4. The monoisotopic (exact) mass is 366 g/mol. The van der Waals surface area contributed by atoms with Crippen LogP contribution in [0.5, 0.6) is 0 Å². The van der Waals surface area contributed by atoms with Crippen molar-refractivity contribution in [2.45, 2.75) is 33.4 Å². The number of hydrogen-bond donors (Lipinski definition) is 1. The molecule has 0 spiro atoms. The van der Waals surface area contributed by atoms with Gasteiger partial charge >= 0.3 is 0 Å². The maximum Gasteiger partial charge on any atom is 0.182 e. The summed E-state index contributed by atoms with van der Waals surface area (Å²) in [5, 5.41) is 5.10. The van der Waals surface area contributed by atoms with Gasteiger partial charge in [-0.2, -0.15) is 0 Å². The molecule has 1 aromatic carbocycles. The first-order valence-electron chi connectivity index (χ1n) is 9.53. The van der Waals surface area contributed by atoms with Gasteiger partial charge in [0, 0.05) is 61.0 Å². The standard InChI is InChI=1S/C21H26N4O2/c1-14-12-17(23-27-14)13-24-8-10-25(11-9-24)16(3)21(26)20-15(2)22-19-7-5-4-6-18(19)20/h4-7,12,16,22H,8-11,13H2,1-3H3. The predicted octanol–water partition coefficient (Wildman–Crippen LogP) is 3.16. The first-order valence-corrected chi connectivity index (χ1v) is 9.53. The number of fused-ring (bicyclic) bond motifs is 1. The Morgan fingerprint density at radius 3 is 2.67 bits per heavy atom. The number of carbonyl (C=O) groups is 1. The van der Waals surface area contributed by atoms with Gasteiger partial charge in [-0.05, 0) is 26.8 Å². The van der Waals surface area contributed by atoms with E-state index in [-0.39, 0.29) is 11.8 Å². The molecule has 1 atom stereocenters. The van der Waals surface area contributed by atoms with Crippen LogP contribution in [0.2, 0.25) is 0 Å². The van der Waals surface area contributed by atoms with Gasteiger partial charge in [-0.1, -0.05) is 23.4 Å². The number of piperazine rings is 1. The quantitative estimate of drug-likeness (QED) is 0.703. The van der Waals surface area contributed by atoms with E-state index in [1.807, 2.05) is 51.1 Å². The van der Waals surface area contributed by atoms with E-state index in [9.17, 15) is 4.79 Å². The lowest BCUT2D eigenvalue weighted by atomic mass is 10.0. The van der Waals surface area contributed by atoms with Crippen molar-refractivity contribution >= 4 is 16.7 Å². The lowest BCUT2D eigenvalue weighted by Crippen LogP contribution is -2.51. The molecule has 1 aliphatic rings. The zero-order chi connectivity index (χ0) is 19.0. The van der Waals surface area contributed by atoms with Crippen LogP contribution in [0, 0.1) is 13.8 Å². The Bertz CT molecular complexity index is 950. The average Bonchev–Trinajstić information content (AvgIpc) is 3.23. The van der Waals surface area contributed by atoms with Crippen LogP contribution in [0.1, 0.15) is 34.4 Å². The Kier molecular flexibility index (Phi) is 4.85. The van der Waals surface area contributed by atoms with Crippen molar-refractivity contribution in [2.75, 3.05) is 26.2 Å². The number of para-hydroxylation sites is 1. The number of benzene rings is 1. The van der Waals surface area contributed by atoms with Gasteiger partial charge in [-0.15, -0.1) is 0 Å². The molecule has 1 saturated heterocycles. The van der Waals surface area contributed by atoms with E-state index in [4.69, 9.17) is 4.52 Å². The number of Topliss-reactive ketones (excluding diaryl/α,β-unsaturated/α-hetero) is 1. The SMILES string of the molecule is Cc1cc(CN2CCN(C(C)C(=O)c3c(C)[nH]c4ccccc34)CC2)no1. The fourth-order valence-corrected chi connectivity index (χ4v) is 4.00. The lowest BCUT2D eigenvalue weighted by molar-refractivity contribution is 0.0684. The number of nitrogens with zero attached hydrogens (tertiary/aromatic N) is 3. The zero-order valence-electron chi connectivity index (χ0n) is 16.2. The Balaban J connectivity index is 1.42. The third kappa shape index (κ3) is 3.55. The van der Waals surface area contributed by atoms with Crippen molar-refractivity contribution in [3.63, 3.8) is 0 Å². The molecule has 1 fully saturated rings. The van der Waals surface area contributed by atoms with Gasteiger partial charge < -0.3 is 9.51 Å². The van der Waals surface area contributed by atoms with Gasteiger partial charge in [0.1, 0.15) is 5.76 Å². The van der Waals surface area contributed by atoms with Crippen LogP contribution in [-0.2, 0) is 6.54 Å². The molecule has 0 saturated carbocycles. The Morgan fingerprint density at radius 1 is 1.22 bits per heavy atom. The molecule has 6 heteroatoms. The van der Waals surface area contributed by atoms with E-state index in [2.05, 4.69) is 19.9 Å². The maximum atomic E-state index is 13.2. The highest BCUT2D eigenvalue weighted by Gasteiger charge is 2.29. The molecule has 3 aromatic rings. The second-order valence-corrected chi connectivity index (χ2v) is 7.45. The molecule has 2 aromatic heterocycles. The molecule has 3 heterocycles. The summed E-state index contributed by atoms with van der Waals surface area (Å²) in [5.74, 6) is 1.04. The topological polar surface area (TPSA) is 65.4 Å². The molecule has 1 N–H and O–H groups in total. The summed E-state index contributed by atoms with van der Waals surface area (Å²) in [4.78, 5) is 21.2. The van der Waals surface area contributed by atoms with Crippen molar-refractivity contribution in [3.8, 4) is 0 Å². The highest BCUT2D eigenvalue weighted by molar-refractivity contribution is 6.11. The van der Waals surface area contributed by atoms with Crippen molar-refractivity contribution in [1.29, 1.82) is 0 Å². The number of hydrogen-bond acceptors (Lipinski definition) is 5. The molecule has 0 aliphatic carbocycles. The Morgan fingerprint density at radius 2 is 1.96 bits per heavy atom. The largest absolute Gasteiger partial charge is 0.361 e. The van der Waals surface area contributed by atoms with E-state index in [0.717, 1.165) is 66.3 Å². The highest BCUT2D eigenvalue weighted by atomic mass is 16.5. The molecule has 0 amide bonds. The first-order chi connectivity index (χ1) is 13.0. The summed E-state index contributed by atoms with van der Waals surface area (Å²) < 4.78 is 5.15. The number of H-pyrrole nitrogens is 1. The summed E-state index contributed by atoms with van der Waals surface area (Å²) in [6, 6.07) is 9.88. The Labute approximate surface area is 159 Å². The summed E-state index contributed by atoms with van der Waals surface area (Å²) in [5.41, 5.74) is 3.78. The van der Waals surface area contributed by atoms with Gasteiger partial charge in [0.25, 0.3) is 0 Å². The van der Waals surface area contributed by atoms with Crippen molar-refractivity contribution in [3.05, 3.63) is 53.0 Å². The van der Waals surface area contributed by atoms with Crippen LogP contribution in [-0.4, -0.2) is 57.9 Å². The summed E-state index contributed by atoms with van der Waals surface area (Å²) >= 11 is 0. The fourth-order valence-electron chi connectivity index (χ4n) is 4.00. The predicted molar refractivity (Wildman–Crippen MR) is 105 cm³/mol. The minimum atomic E-state index is -0.126. The van der Waals surface area contributed by atoms with E-state index >= 15 is 0 Å². The van der Waals surface area contributed by atoms with Crippen LogP contribution >= 0.6 is 0 Å². The van der Waals surface area contributed by atoms with Crippen molar-refractivity contribution in [2.24, 2.45) is 0 Å².